The van der Waals surface area contributed by atoms with Crippen molar-refractivity contribution in [2.75, 3.05) is 13.7 Å². The molecule has 1 atom stereocenters. The monoisotopic (exact) mass is 386 g/mol. The van der Waals surface area contributed by atoms with Crippen molar-refractivity contribution in [3.8, 4) is 17.0 Å². The minimum atomic E-state index is -0.451. The Bertz CT molecular complexity index is 1170. The second kappa shape index (κ2) is 7.80. The number of nitrogens with zero attached hydrogens (tertiary/aromatic N) is 1. The molecule has 0 saturated heterocycles. The zero-order valence-corrected chi connectivity index (χ0v) is 16.4. The van der Waals surface area contributed by atoms with Crippen molar-refractivity contribution in [1.82, 2.24) is 4.98 Å². The van der Waals surface area contributed by atoms with Gasteiger partial charge in [-0.05, 0) is 35.7 Å². The summed E-state index contributed by atoms with van der Waals surface area (Å²) in [7, 11) is 1.60. The van der Waals surface area contributed by atoms with Crippen molar-refractivity contribution >= 4 is 10.9 Å². The van der Waals surface area contributed by atoms with Gasteiger partial charge in [0.25, 0.3) is 0 Å². The van der Waals surface area contributed by atoms with E-state index in [1.54, 1.807) is 7.11 Å². The molecule has 3 aromatic carbocycles. The molecule has 0 saturated carbocycles. The van der Waals surface area contributed by atoms with Crippen LogP contribution in [0.2, 0.25) is 0 Å². The Morgan fingerprint density at radius 3 is 2.48 bits per heavy atom. The van der Waals surface area contributed by atoms with E-state index in [1.807, 2.05) is 73.7 Å². The van der Waals surface area contributed by atoms with Crippen LogP contribution in [0.1, 0.15) is 22.6 Å². The third-order valence-electron chi connectivity index (χ3n) is 5.25. The lowest BCUT2D eigenvalue weighted by Crippen LogP contribution is -2.15. The number of aromatic nitrogens is 1. The van der Waals surface area contributed by atoms with Crippen LogP contribution in [0.4, 0.5) is 0 Å². The largest absolute Gasteiger partial charge is 0.496 e. The number of aromatic amines is 1. The van der Waals surface area contributed by atoms with E-state index in [0.29, 0.717) is 5.75 Å². The highest BCUT2D eigenvalue weighted by Crippen LogP contribution is 2.41. The summed E-state index contributed by atoms with van der Waals surface area (Å²) < 4.78 is 5.55. The normalized spacial score (nSPS) is 12.1. The van der Waals surface area contributed by atoms with Crippen LogP contribution < -0.4 is 4.74 Å². The van der Waals surface area contributed by atoms with Gasteiger partial charge in [0.1, 0.15) is 5.75 Å². The molecule has 1 unspecified atom stereocenters. The first-order chi connectivity index (χ1) is 14.1. The van der Waals surface area contributed by atoms with Crippen molar-refractivity contribution in [3.63, 3.8) is 0 Å². The lowest BCUT2D eigenvalue weighted by Gasteiger charge is -2.18. The van der Waals surface area contributed by atoms with Crippen molar-refractivity contribution in [2.45, 2.75) is 12.8 Å². The molecule has 146 valence electrons. The quantitative estimate of drug-likeness (QED) is 0.348. The number of nitro groups is 1. The summed E-state index contributed by atoms with van der Waals surface area (Å²) in [6.07, 6.45) is 0. The van der Waals surface area contributed by atoms with Gasteiger partial charge in [0, 0.05) is 21.4 Å². The smallest absolute Gasteiger partial charge is 0.214 e. The fourth-order valence-corrected chi connectivity index (χ4v) is 3.98. The van der Waals surface area contributed by atoms with Crippen LogP contribution in [0, 0.1) is 17.0 Å². The first-order valence-electron chi connectivity index (χ1n) is 9.51. The maximum absolute atomic E-state index is 11.7. The van der Waals surface area contributed by atoms with Crippen molar-refractivity contribution < 1.29 is 9.66 Å². The second-order valence-electron chi connectivity index (χ2n) is 7.14. The molecule has 0 aliphatic rings. The van der Waals surface area contributed by atoms with Gasteiger partial charge >= 0.3 is 0 Å². The Hall–Kier alpha value is -3.60. The van der Waals surface area contributed by atoms with E-state index in [1.165, 1.54) is 0 Å². The van der Waals surface area contributed by atoms with E-state index in [2.05, 4.69) is 11.1 Å². The lowest BCUT2D eigenvalue weighted by molar-refractivity contribution is -0.481. The zero-order chi connectivity index (χ0) is 20.4. The Balaban J connectivity index is 2.03. The average molecular weight is 386 g/mol. The molecular formula is C24H22N2O3. The van der Waals surface area contributed by atoms with E-state index in [0.717, 1.165) is 38.9 Å². The van der Waals surface area contributed by atoms with Crippen LogP contribution in [0.3, 0.4) is 0 Å². The number of rotatable bonds is 6. The number of methoxy groups -OCH3 is 1. The third kappa shape index (κ3) is 3.59. The summed E-state index contributed by atoms with van der Waals surface area (Å²) in [5.41, 5.74) is 5.75. The Labute approximate surface area is 169 Å². The predicted molar refractivity (Wildman–Crippen MR) is 115 cm³/mol. The first-order valence-corrected chi connectivity index (χ1v) is 9.51. The fraction of sp³-hybridized carbons (Fsp3) is 0.167. The van der Waals surface area contributed by atoms with Crippen LogP contribution in [-0.2, 0) is 0 Å². The van der Waals surface area contributed by atoms with Gasteiger partial charge in [0.2, 0.25) is 6.54 Å². The van der Waals surface area contributed by atoms with Gasteiger partial charge in [-0.1, -0.05) is 60.7 Å². The zero-order valence-electron chi connectivity index (χ0n) is 16.4. The van der Waals surface area contributed by atoms with Crippen LogP contribution in [0.5, 0.6) is 5.75 Å². The van der Waals surface area contributed by atoms with Gasteiger partial charge in [0.05, 0.1) is 18.7 Å². The summed E-state index contributed by atoms with van der Waals surface area (Å²) >= 11 is 0. The predicted octanol–water partition coefficient (Wildman–Crippen LogP) is 5.56. The highest BCUT2D eigenvalue weighted by Gasteiger charge is 2.29. The van der Waals surface area contributed by atoms with E-state index < -0.39 is 5.92 Å². The number of aryl methyl sites for hydroxylation is 1. The molecule has 4 aromatic rings. The minimum Gasteiger partial charge on any atom is -0.496 e. The molecule has 0 aliphatic heterocycles. The Morgan fingerprint density at radius 2 is 1.76 bits per heavy atom. The number of nitrogens with one attached hydrogen (secondary N) is 1. The van der Waals surface area contributed by atoms with Gasteiger partial charge in [-0.3, -0.25) is 10.1 Å². The summed E-state index contributed by atoms with van der Waals surface area (Å²) in [6, 6.07) is 23.7. The molecule has 0 bridgehead atoms. The molecule has 4 rings (SSSR count). The molecular weight excluding hydrogens is 364 g/mol. The Kier molecular flexibility index (Phi) is 5.04. The van der Waals surface area contributed by atoms with Crippen LogP contribution in [-0.4, -0.2) is 23.6 Å². The standard InChI is InChI=1S/C24H22N2O3/c1-16-12-13-19-21(14-16)25-24(17-8-4-3-5-9-17)23(19)20(15-26(27)28)18-10-6-7-11-22(18)29-2/h3-14,20,25H,15H2,1-2H3. The van der Waals surface area contributed by atoms with Gasteiger partial charge in [-0.25, -0.2) is 0 Å². The maximum atomic E-state index is 11.7. The molecule has 29 heavy (non-hydrogen) atoms. The molecule has 0 amide bonds. The number of H-pyrrole nitrogens is 1. The first kappa shape index (κ1) is 18.7. The topological polar surface area (TPSA) is 68.2 Å². The molecule has 5 heteroatoms. The second-order valence-corrected chi connectivity index (χ2v) is 7.14. The number of fused-ring (bicyclic) bond motifs is 1. The van der Waals surface area contributed by atoms with E-state index in [4.69, 9.17) is 4.74 Å². The van der Waals surface area contributed by atoms with E-state index in [9.17, 15) is 10.1 Å². The molecule has 0 fully saturated rings. The number of ether oxygens (including phenoxy) is 1. The SMILES string of the molecule is COc1ccccc1C(C[N+](=O)[O-])c1c(-c2ccccc2)[nH]c2cc(C)ccc12. The van der Waals surface area contributed by atoms with Gasteiger partial charge in [0.15, 0.2) is 0 Å². The molecule has 1 N–H and O–H groups in total. The fourth-order valence-electron chi connectivity index (χ4n) is 3.98. The summed E-state index contributed by atoms with van der Waals surface area (Å²) in [5.74, 6) is 0.202. The number of para-hydroxylation sites is 1. The number of benzene rings is 3. The van der Waals surface area contributed by atoms with Crippen molar-refractivity contribution in [2.24, 2.45) is 0 Å². The molecule has 1 heterocycles. The third-order valence-corrected chi connectivity index (χ3v) is 5.25. The molecule has 0 spiro atoms. The average Bonchev–Trinajstić information content (AvgIpc) is 3.10. The summed E-state index contributed by atoms with van der Waals surface area (Å²) in [6.45, 7) is 1.82. The molecule has 5 nitrogen and oxygen atoms in total. The van der Waals surface area contributed by atoms with E-state index >= 15 is 0 Å². The van der Waals surface area contributed by atoms with Crippen molar-refractivity contribution in [3.05, 3.63) is 99.6 Å². The highest BCUT2D eigenvalue weighted by molar-refractivity contribution is 5.92. The minimum absolute atomic E-state index is 0.221. The van der Waals surface area contributed by atoms with Gasteiger partial charge in [-0.2, -0.15) is 0 Å². The number of hydrogen-bond acceptors (Lipinski definition) is 3. The van der Waals surface area contributed by atoms with Gasteiger partial charge in [-0.15, -0.1) is 0 Å². The molecule has 1 aromatic heterocycles. The molecule has 0 aliphatic carbocycles. The summed E-state index contributed by atoms with van der Waals surface area (Å²) in [4.78, 5) is 14.9. The maximum Gasteiger partial charge on any atom is 0.214 e. The van der Waals surface area contributed by atoms with Crippen LogP contribution in [0.25, 0.3) is 22.2 Å². The molecule has 0 radical (unpaired) electrons. The van der Waals surface area contributed by atoms with Crippen LogP contribution in [0.15, 0.2) is 72.8 Å². The van der Waals surface area contributed by atoms with Crippen molar-refractivity contribution in [1.29, 1.82) is 0 Å². The van der Waals surface area contributed by atoms with Gasteiger partial charge < -0.3 is 9.72 Å². The van der Waals surface area contributed by atoms with Crippen LogP contribution >= 0.6 is 0 Å². The number of hydrogen-bond donors (Lipinski definition) is 1. The Morgan fingerprint density at radius 1 is 1.03 bits per heavy atom. The summed E-state index contributed by atoms with van der Waals surface area (Å²) in [5, 5.41) is 12.7. The highest BCUT2D eigenvalue weighted by atomic mass is 16.6. The van der Waals surface area contributed by atoms with E-state index in [-0.39, 0.29) is 11.5 Å². The lowest BCUT2D eigenvalue weighted by atomic mass is 9.87.